The van der Waals surface area contributed by atoms with Crippen LogP contribution in [0.2, 0.25) is 4.34 Å². The number of hydrogen-bond acceptors (Lipinski definition) is 3. The zero-order valence-corrected chi connectivity index (χ0v) is 11.1. The summed E-state index contributed by atoms with van der Waals surface area (Å²) in [6.07, 6.45) is 0. The van der Waals surface area contributed by atoms with Crippen LogP contribution in [0.5, 0.6) is 5.75 Å². The third kappa shape index (κ3) is 3.46. The van der Waals surface area contributed by atoms with E-state index in [0.717, 1.165) is 16.4 Å². The molecule has 1 aromatic carbocycles. The molecule has 1 unspecified atom stereocenters. The zero-order valence-electron chi connectivity index (χ0n) is 9.48. The first-order valence-corrected chi connectivity index (χ1v) is 6.66. The summed E-state index contributed by atoms with van der Waals surface area (Å²) < 4.78 is 0.818. The van der Waals surface area contributed by atoms with Crippen molar-refractivity contribution in [3.05, 3.63) is 51.2 Å². The van der Waals surface area contributed by atoms with E-state index in [2.05, 4.69) is 17.6 Å². The van der Waals surface area contributed by atoms with Crippen LogP contribution in [-0.4, -0.2) is 5.11 Å². The van der Waals surface area contributed by atoms with Crippen LogP contribution in [-0.2, 0) is 6.54 Å². The Kier molecular flexibility index (Phi) is 4.05. The molecule has 4 heteroatoms. The van der Waals surface area contributed by atoms with Crippen molar-refractivity contribution in [2.45, 2.75) is 19.5 Å². The molecule has 0 spiro atoms. The smallest absolute Gasteiger partial charge is 0.115 e. The molecule has 2 aromatic rings. The van der Waals surface area contributed by atoms with Gasteiger partial charge in [0.15, 0.2) is 0 Å². The number of nitrogens with one attached hydrogen (secondary N) is 1. The van der Waals surface area contributed by atoms with Crippen molar-refractivity contribution in [1.29, 1.82) is 0 Å². The number of halogens is 1. The molecule has 1 aromatic heterocycles. The minimum absolute atomic E-state index is 0.271. The Labute approximate surface area is 110 Å². The standard InChI is InChI=1S/C13H14ClNOS/c1-9(11-6-13(14)17-8-11)15-7-10-2-4-12(16)5-3-10/h2-6,8-9,15-16H,7H2,1H3. The molecule has 0 bridgehead atoms. The molecule has 90 valence electrons. The third-order valence-electron chi connectivity index (χ3n) is 2.64. The van der Waals surface area contributed by atoms with E-state index in [1.165, 1.54) is 5.56 Å². The summed E-state index contributed by atoms with van der Waals surface area (Å²) >= 11 is 7.45. The van der Waals surface area contributed by atoms with E-state index in [9.17, 15) is 5.11 Å². The van der Waals surface area contributed by atoms with Gasteiger partial charge in [0, 0.05) is 12.6 Å². The Hall–Kier alpha value is -1.03. The van der Waals surface area contributed by atoms with Crippen molar-refractivity contribution < 1.29 is 5.11 Å². The Morgan fingerprint density at radius 3 is 2.65 bits per heavy atom. The summed E-state index contributed by atoms with van der Waals surface area (Å²) in [7, 11) is 0. The summed E-state index contributed by atoms with van der Waals surface area (Å²) in [4.78, 5) is 0. The number of hydrogen-bond donors (Lipinski definition) is 2. The van der Waals surface area contributed by atoms with E-state index < -0.39 is 0 Å². The van der Waals surface area contributed by atoms with E-state index in [1.807, 2.05) is 18.2 Å². The van der Waals surface area contributed by atoms with E-state index in [0.29, 0.717) is 5.75 Å². The molecule has 0 radical (unpaired) electrons. The molecule has 2 nitrogen and oxygen atoms in total. The van der Waals surface area contributed by atoms with E-state index in [1.54, 1.807) is 23.5 Å². The van der Waals surface area contributed by atoms with Crippen molar-refractivity contribution >= 4 is 22.9 Å². The highest BCUT2D eigenvalue weighted by Crippen LogP contribution is 2.24. The topological polar surface area (TPSA) is 32.3 Å². The molecule has 0 aliphatic carbocycles. The Morgan fingerprint density at radius 1 is 1.35 bits per heavy atom. The molecule has 0 aliphatic rings. The molecule has 1 heterocycles. The lowest BCUT2D eigenvalue weighted by atomic mass is 10.1. The van der Waals surface area contributed by atoms with Crippen LogP contribution in [0.15, 0.2) is 35.7 Å². The molecule has 0 fully saturated rings. The molecular formula is C13H14ClNOS. The summed E-state index contributed by atoms with van der Waals surface area (Å²) in [5, 5.41) is 14.7. The van der Waals surface area contributed by atoms with Crippen LogP contribution in [0.4, 0.5) is 0 Å². The fourth-order valence-electron chi connectivity index (χ4n) is 1.55. The Bertz CT molecular complexity index is 480. The van der Waals surface area contributed by atoms with Gasteiger partial charge in [-0.3, -0.25) is 0 Å². The highest BCUT2D eigenvalue weighted by molar-refractivity contribution is 7.14. The minimum Gasteiger partial charge on any atom is -0.508 e. The molecular weight excluding hydrogens is 254 g/mol. The second kappa shape index (κ2) is 5.54. The van der Waals surface area contributed by atoms with Gasteiger partial charge in [0.1, 0.15) is 5.75 Å². The maximum absolute atomic E-state index is 9.18. The highest BCUT2D eigenvalue weighted by Gasteiger charge is 2.06. The van der Waals surface area contributed by atoms with Crippen molar-refractivity contribution in [3.8, 4) is 5.75 Å². The molecule has 2 rings (SSSR count). The van der Waals surface area contributed by atoms with Gasteiger partial charge < -0.3 is 10.4 Å². The molecule has 2 N–H and O–H groups in total. The van der Waals surface area contributed by atoms with E-state index in [-0.39, 0.29) is 6.04 Å². The second-order valence-electron chi connectivity index (χ2n) is 3.95. The van der Waals surface area contributed by atoms with E-state index in [4.69, 9.17) is 11.6 Å². The predicted octanol–water partition coefficient (Wildman–Crippen LogP) is 3.96. The average Bonchev–Trinajstić information content (AvgIpc) is 2.75. The van der Waals surface area contributed by atoms with Gasteiger partial charge in [-0.05, 0) is 41.6 Å². The lowest BCUT2D eigenvalue weighted by Gasteiger charge is -2.12. The van der Waals surface area contributed by atoms with Crippen molar-refractivity contribution in [2.75, 3.05) is 0 Å². The van der Waals surface area contributed by atoms with Crippen molar-refractivity contribution in [3.63, 3.8) is 0 Å². The van der Waals surface area contributed by atoms with Crippen molar-refractivity contribution in [2.24, 2.45) is 0 Å². The Morgan fingerprint density at radius 2 is 2.06 bits per heavy atom. The summed E-state index contributed by atoms with van der Waals surface area (Å²) in [5.74, 6) is 0.298. The van der Waals surface area contributed by atoms with Gasteiger partial charge in [0.05, 0.1) is 4.34 Å². The van der Waals surface area contributed by atoms with Crippen LogP contribution >= 0.6 is 22.9 Å². The number of phenols is 1. The van der Waals surface area contributed by atoms with Gasteiger partial charge in [-0.1, -0.05) is 23.7 Å². The first-order valence-electron chi connectivity index (χ1n) is 5.40. The number of thiophene rings is 1. The predicted molar refractivity (Wildman–Crippen MR) is 72.7 cm³/mol. The zero-order chi connectivity index (χ0) is 12.3. The number of aromatic hydroxyl groups is 1. The van der Waals surface area contributed by atoms with Gasteiger partial charge in [0.25, 0.3) is 0 Å². The van der Waals surface area contributed by atoms with Gasteiger partial charge in [-0.2, -0.15) is 0 Å². The molecule has 0 aliphatic heterocycles. The maximum Gasteiger partial charge on any atom is 0.115 e. The Balaban J connectivity index is 1.92. The summed E-state index contributed by atoms with van der Waals surface area (Å²) in [5.41, 5.74) is 2.36. The summed E-state index contributed by atoms with van der Waals surface area (Å²) in [6, 6.07) is 9.48. The fourth-order valence-corrected chi connectivity index (χ4v) is 2.54. The highest BCUT2D eigenvalue weighted by atomic mass is 35.5. The lowest BCUT2D eigenvalue weighted by Crippen LogP contribution is -2.17. The minimum atomic E-state index is 0.271. The second-order valence-corrected chi connectivity index (χ2v) is 5.50. The van der Waals surface area contributed by atoms with Gasteiger partial charge in [0.2, 0.25) is 0 Å². The van der Waals surface area contributed by atoms with Crippen LogP contribution in [0.3, 0.4) is 0 Å². The SMILES string of the molecule is CC(NCc1ccc(O)cc1)c1csc(Cl)c1. The first kappa shape index (κ1) is 12.4. The first-order chi connectivity index (χ1) is 8.15. The van der Waals surface area contributed by atoms with Crippen LogP contribution in [0, 0.1) is 0 Å². The normalized spacial score (nSPS) is 12.6. The quantitative estimate of drug-likeness (QED) is 0.879. The largest absolute Gasteiger partial charge is 0.508 e. The average molecular weight is 268 g/mol. The fraction of sp³-hybridized carbons (Fsp3) is 0.231. The lowest BCUT2D eigenvalue weighted by molar-refractivity contribution is 0.474. The number of phenolic OH excluding ortho intramolecular Hbond substituents is 1. The third-order valence-corrected chi connectivity index (χ3v) is 3.75. The summed E-state index contributed by atoms with van der Waals surface area (Å²) in [6.45, 7) is 2.88. The number of benzene rings is 1. The molecule has 0 saturated carbocycles. The van der Waals surface area contributed by atoms with Gasteiger partial charge in [-0.15, -0.1) is 11.3 Å². The molecule has 0 amide bonds. The maximum atomic E-state index is 9.18. The van der Waals surface area contributed by atoms with Crippen molar-refractivity contribution in [1.82, 2.24) is 5.32 Å². The molecule has 0 saturated heterocycles. The van der Waals surface area contributed by atoms with Gasteiger partial charge in [-0.25, -0.2) is 0 Å². The van der Waals surface area contributed by atoms with Gasteiger partial charge >= 0.3 is 0 Å². The van der Waals surface area contributed by atoms with Crippen LogP contribution in [0.1, 0.15) is 24.1 Å². The van der Waals surface area contributed by atoms with E-state index >= 15 is 0 Å². The monoisotopic (exact) mass is 267 g/mol. The molecule has 1 atom stereocenters. The van der Waals surface area contributed by atoms with Crippen LogP contribution in [0.25, 0.3) is 0 Å². The molecule has 17 heavy (non-hydrogen) atoms. The van der Waals surface area contributed by atoms with Crippen LogP contribution < -0.4 is 5.32 Å². The number of rotatable bonds is 4.